The standard InChI is InChI=1S/C18H23NO4/c1-17(2,3)23-16(22)19-11-18(4,5)13-8-6-12(10-14(13)19)7-9-15(20)21/h6-10H,11H2,1-5H3,(H,20,21). The van der Waals surface area contributed by atoms with Crippen molar-refractivity contribution in [1.29, 1.82) is 0 Å². The van der Waals surface area contributed by atoms with Crippen LogP contribution in [0.1, 0.15) is 45.7 Å². The number of ether oxygens (including phenoxy) is 1. The number of carboxylic acid groups (broad SMARTS) is 1. The maximum absolute atomic E-state index is 12.5. The molecule has 0 bridgehead atoms. The number of carbonyl (C=O) groups excluding carboxylic acids is 1. The lowest BCUT2D eigenvalue weighted by Gasteiger charge is -2.26. The topological polar surface area (TPSA) is 66.8 Å². The molecule has 0 atom stereocenters. The maximum Gasteiger partial charge on any atom is 0.414 e. The Balaban J connectivity index is 2.39. The molecule has 1 heterocycles. The van der Waals surface area contributed by atoms with Gasteiger partial charge < -0.3 is 9.84 Å². The van der Waals surface area contributed by atoms with Crippen LogP contribution in [0.5, 0.6) is 0 Å². The fraction of sp³-hybridized carbons (Fsp3) is 0.444. The molecule has 1 aliphatic rings. The number of carbonyl (C=O) groups is 2. The molecule has 5 nitrogen and oxygen atoms in total. The molecular formula is C18H23NO4. The molecule has 0 spiro atoms. The number of aliphatic carboxylic acids is 1. The van der Waals surface area contributed by atoms with E-state index in [0.717, 1.165) is 22.9 Å². The molecule has 0 fully saturated rings. The van der Waals surface area contributed by atoms with Gasteiger partial charge in [-0.1, -0.05) is 26.0 Å². The molecule has 0 radical (unpaired) electrons. The summed E-state index contributed by atoms with van der Waals surface area (Å²) in [5.74, 6) is -1.00. The third kappa shape index (κ3) is 3.92. The van der Waals surface area contributed by atoms with Crippen molar-refractivity contribution in [2.45, 2.75) is 45.6 Å². The second kappa shape index (κ2) is 5.72. The molecule has 1 amide bonds. The Hall–Kier alpha value is -2.30. The number of hydrogen-bond donors (Lipinski definition) is 1. The number of nitrogens with zero attached hydrogens (tertiary/aromatic N) is 1. The summed E-state index contributed by atoms with van der Waals surface area (Å²) in [5.41, 5.74) is 1.82. The molecule has 0 unspecified atom stereocenters. The van der Waals surface area contributed by atoms with Gasteiger partial charge in [0.1, 0.15) is 5.60 Å². The molecule has 1 aromatic rings. The maximum atomic E-state index is 12.5. The summed E-state index contributed by atoms with van der Waals surface area (Å²) in [6.45, 7) is 10.2. The monoisotopic (exact) mass is 317 g/mol. The van der Waals surface area contributed by atoms with E-state index in [1.54, 1.807) is 4.90 Å². The summed E-state index contributed by atoms with van der Waals surface area (Å²) in [5, 5.41) is 8.75. The summed E-state index contributed by atoms with van der Waals surface area (Å²) in [4.78, 5) is 24.8. The molecule has 1 N–H and O–H groups in total. The Morgan fingerprint density at radius 3 is 2.52 bits per heavy atom. The molecule has 124 valence electrons. The average molecular weight is 317 g/mol. The SMILES string of the molecule is CC(C)(C)OC(=O)N1CC(C)(C)c2ccc(C=CC(=O)O)cc21. The van der Waals surface area contributed by atoms with Crippen LogP contribution < -0.4 is 4.90 Å². The van der Waals surface area contributed by atoms with Gasteiger partial charge in [0.05, 0.1) is 5.69 Å². The summed E-state index contributed by atoms with van der Waals surface area (Å²) < 4.78 is 5.48. The van der Waals surface area contributed by atoms with E-state index in [0.29, 0.717) is 6.54 Å². The van der Waals surface area contributed by atoms with Gasteiger partial charge in [0.15, 0.2) is 0 Å². The molecule has 0 saturated heterocycles. The van der Waals surface area contributed by atoms with Crippen molar-refractivity contribution in [2.24, 2.45) is 0 Å². The molecule has 1 aromatic carbocycles. The molecule has 0 saturated carbocycles. The van der Waals surface area contributed by atoms with Crippen LogP contribution in [0.2, 0.25) is 0 Å². The average Bonchev–Trinajstić information content (AvgIpc) is 2.66. The van der Waals surface area contributed by atoms with Crippen LogP contribution >= 0.6 is 0 Å². The largest absolute Gasteiger partial charge is 0.478 e. The summed E-state index contributed by atoms with van der Waals surface area (Å²) in [6, 6.07) is 5.63. The minimum Gasteiger partial charge on any atom is -0.478 e. The first-order valence-corrected chi connectivity index (χ1v) is 7.56. The van der Waals surface area contributed by atoms with E-state index in [4.69, 9.17) is 9.84 Å². The van der Waals surface area contributed by atoms with E-state index in [-0.39, 0.29) is 11.5 Å². The second-order valence-electron chi connectivity index (χ2n) is 7.40. The van der Waals surface area contributed by atoms with Crippen molar-refractivity contribution >= 4 is 23.8 Å². The molecule has 5 heteroatoms. The van der Waals surface area contributed by atoms with Gasteiger partial charge in [-0.3, -0.25) is 4.90 Å². The van der Waals surface area contributed by atoms with Gasteiger partial charge in [-0.05, 0) is 44.0 Å². The van der Waals surface area contributed by atoms with E-state index in [1.165, 1.54) is 6.08 Å². The molecule has 2 rings (SSSR count). The summed E-state index contributed by atoms with van der Waals surface area (Å²) in [6.07, 6.45) is 2.21. The van der Waals surface area contributed by atoms with Crippen molar-refractivity contribution in [1.82, 2.24) is 0 Å². The number of anilines is 1. The molecule has 0 aliphatic carbocycles. The van der Waals surface area contributed by atoms with E-state index in [2.05, 4.69) is 13.8 Å². The van der Waals surface area contributed by atoms with Gasteiger partial charge in [-0.2, -0.15) is 0 Å². The highest BCUT2D eigenvalue weighted by molar-refractivity contribution is 5.92. The Morgan fingerprint density at radius 1 is 1.30 bits per heavy atom. The first-order valence-electron chi connectivity index (χ1n) is 7.56. The minimum absolute atomic E-state index is 0.179. The Labute approximate surface area is 136 Å². The number of amides is 1. The number of rotatable bonds is 2. The van der Waals surface area contributed by atoms with E-state index >= 15 is 0 Å². The zero-order valence-electron chi connectivity index (χ0n) is 14.2. The summed E-state index contributed by atoms with van der Waals surface area (Å²) in [7, 11) is 0. The smallest absolute Gasteiger partial charge is 0.414 e. The highest BCUT2D eigenvalue weighted by Gasteiger charge is 2.39. The first-order chi connectivity index (χ1) is 10.5. The van der Waals surface area contributed by atoms with Crippen LogP contribution in [0.15, 0.2) is 24.3 Å². The number of hydrogen-bond acceptors (Lipinski definition) is 3. The van der Waals surface area contributed by atoms with Gasteiger partial charge in [0, 0.05) is 18.0 Å². The lowest BCUT2D eigenvalue weighted by atomic mass is 9.86. The van der Waals surface area contributed by atoms with Crippen molar-refractivity contribution in [3.05, 3.63) is 35.4 Å². The number of carboxylic acids is 1. The fourth-order valence-corrected chi connectivity index (χ4v) is 2.66. The van der Waals surface area contributed by atoms with Gasteiger partial charge in [-0.15, -0.1) is 0 Å². The third-order valence-corrected chi connectivity index (χ3v) is 3.63. The predicted octanol–water partition coefficient (Wildman–Crippen LogP) is 3.82. The van der Waals surface area contributed by atoms with Crippen LogP contribution in [0.4, 0.5) is 10.5 Å². The summed E-state index contributed by atoms with van der Waals surface area (Å²) >= 11 is 0. The van der Waals surface area contributed by atoms with Gasteiger partial charge >= 0.3 is 12.1 Å². The minimum atomic E-state index is -1.00. The van der Waals surface area contributed by atoms with Crippen molar-refractivity contribution in [3.63, 3.8) is 0 Å². The molecule has 1 aliphatic heterocycles. The zero-order chi connectivity index (χ0) is 17.4. The van der Waals surface area contributed by atoms with E-state index in [9.17, 15) is 9.59 Å². The highest BCUT2D eigenvalue weighted by Crippen LogP contribution is 2.41. The molecule has 0 aromatic heterocycles. The lowest BCUT2D eigenvalue weighted by molar-refractivity contribution is -0.131. The van der Waals surface area contributed by atoms with Crippen molar-refractivity contribution < 1.29 is 19.4 Å². The quantitative estimate of drug-likeness (QED) is 0.842. The van der Waals surface area contributed by atoms with Crippen LogP contribution in [0, 0.1) is 0 Å². The highest BCUT2D eigenvalue weighted by atomic mass is 16.6. The Morgan fingerprint density at radius 2 is 1.96 bits per heavy atom. The predicted molar refractivity (Wildman–Crippen MR) is 89.7 cm³/mol. The molecule has 23 heavy (non-hydrogen) atoms. The Kier molecular flexibility index (Phi) is 4.24. The fourth-order valence-electron chi connectivity index (χ4n) is 2.66. The van der Waals surface area contributed by atoms with Gasteiger partial charge in [0.2, 0.25) is 0 Å². The van der Waals surface area contributed by atoms with Gasteiger partial charge in [-0.25, -0.2) is 9.59 Å². The second-order valence-corrected chi connectivity index (χ2v) is 7.40. The van der Waals surface area contributed by atoms with Crippen molar-refractivity contribution in [3.8, 4) is 0 Å². The van der Waals surface area contributed by atoms with Crippen LogP contribution in [-0.4, -0.2) is 29.3 Å². The zero-order valence-corrected chi connectivity index (χ0v) is 14.2. The third-order valence-electron chi connectivity index (χ3n) is 3.63. The first kappa shape index (κ1) is 17.1. The van der Waals surface area contributed by atoms with Crippen LogP contribution in [0.3, 0.4) is 0 Å². The van der Waals surface area contributed by atoms with Crippen molar-refractivity contribution in [2.75, 3.05) is 11.4 Å². The van der Waals surface area contributed by atoms with E-state index < -0.39 is 11.6 Å². The normalized spacial score (nSPS) is 16.5. The molecular weight excluding hydrogens is 294 g/mol. The van der Waals surface area contributed by atoms with E-state index in [1.807, 2.05) is 39.0 Å². The Bertz CT molecular complexity index is 668. The van der Waals surface area contributed by atoms with Crippen LogP contribution in [0.25, 0.3) is 6.08 Å². The van der Waals surface area contributed by atoms with Crippen LogP contribution in [-0.2, 0) is 14.9 Å². The lowest BCUT2D eigenvalue weighted by Crippen LogP contribution is -2.38. The van der Waals surface area contributed by atoms with Gasteiger partial charge in [0.25, 0.3) is 0 Å². The number of fused-ring (bicyclic) bond motifs is 1. The number of benzene rings is 1.